The Morgan fingerprint density at radius 2 is 1.62 bits per heavy atom. The van der Waals surface area contributed by atoms with E-state index in [4.69, 9.17) is 19.8 Å². The Kier molecular flexibility index (Phi) is 10.6. The van der Waals surface area contributed by atoms with E-state index >= 15 is 0 Å². The number of carbonyl (C=O) groups is 2. The molecule has 0 aliphatic carbocycles. The Morgan fingerprint density at radius 1 is 0.966 bits per heavy atom. The van der Waals surface area contributed by atoms with Gasteiger partial charge in [0.25, 0.3) is 12.9 Å². The van der Waals surface area contributed by atoms with Gasteiger partial charge < -0.3 is 20.0 Å². The van der Waals surface area contributed by atoms with Crippen LogP contribution in [0.3, 0.4) is 0 Å². The molecule has 0 spiro atoms. The molecule has 1 aromatic rings. The zero-order valence-electron chi connectivity index (χ0n) is 17.0. The molecule has 29 heavy (non-hydrogen) atoms. The third kappa shape index (κ3) is 7.71. The van der Waals surface area contributed by atoms with Gasteiger partial charge in [-0.05, 0) is 44.7 Å². The predicted molar refractivity (Wildman–Crippen MR) is 107 cm³/mol. The molecule has 3 saturated heterocycles. The number of hydrogen-bond donors (Lipinski definition) is 3. The van der Waals surface area contributed by atoms with Gasteiger partial charge in [-0.25, -0.2) is 4.98 Å². The standard InChI is InChI=1S/C17H30N6.2CH2O2/c1-2-6-23-7-3-4-15(16(23)5-1)12-21-8-10-22(11-9-21)13-17-18-14-19-20-17;2*2-1-3/h14-16H,1-13H2,(H,18,19,20);2*1H,(H,2,3)/t15-,16+;;/m0../s1. The Hall–Kier alpha value is -2.04. The number of fused-ring (bicyclic) bond motifs is 1. The lowest BCUT2D eigenvalue weighted by Crippen LogP contribution is -2.53. The van der Waals surface area contributed by atoms with Gasteiger partial charge in [0.05, 0.1) is 6.54 Å². The van der Waals surface area contributed by atoms with Crippen molar-refractivity contribution in [2.24, 2.45) is 5.92 Å². The molecule has 4 rings (SSSR count). The maximum Gasteiger partial charge on any atom is 0.290 e. The Labute approximate surface area is 171 Å². The molecule has 0 amide bonds. The van der Waals surface area contributed by atoms with Crippen molar-refractivity contribution in [2.45, 2.75) is 44.7 Å². The van der Waals surface area contributed by atoms with Crippen LogP contribution in [0, 0.1) is 5.92 Å². The molecule has 0 bridgehead atoms. The van der Waals surface area contributed by atoms with E-state index in [1.54, 1.807) is 6.33 Å². The summed E-state index contributed by atoms with van der Waals surface area (Å²) < 4.78 is 0. The van der Waals surface area contributed by atoms with Gasteiger partial charge in [-0.1, -0.05) is 6.42 Å². The van der Waals surface area contributed by atoms with E-state index in [9.17, 15) is 0 Å². The first-order chi connectivity index (χ1) is 14.2. The summed E-state index contributed by atoms with van der Waals surface area (Å²) in [7, 11) is 0. The van der Waals surface area contributed by atoms with Gasteiger partial charge in [-0.2, -0.15) is 5.10 Å². The van der Waals surface area contributed by atoms with Crippen molar-refractivity contribution in [3.05, 3.63) is 12.2 Å². The van der Waals surface area contributed by atoms with E-state index in [-0.39, 0.29) is 12.9 Å². The maximum absolute atomic E-state index is 8.36. The van der Waals surface area contributed by atoms with Crippen molar-refractivity contribution in [3.8, 4) is 0 Å². The van der Waals surface area contributed by atoms with Crippen LogP contribution in [-0.4, -0.2) is 105 Å². The van der Waals surface area contributed by atoms with Crippen LogP contribution in [0.1, 0.15) is 37.9 Å². The van der Waals surface area contributed by atoms with E-state index in [2.05, 4.69) is 29.9 Å². The number of aromatic nitrogens is 3. The van der Waals surface area contributed by atoms with Crippen molar-refractivity contribution < 1.29 is 19.8 Å². The van der Waals surface area contributed by atoms with Gasteiger partial charge in [0.2, 0.25) is 0 Å². The van der Waals surface area contributed by atoms with Crippen LogP contribution in [0.25, 0.3) is 0 Å². The van der Waals surface area contributed by atoms with E-state index in [0.29, 0.717) is 0 Å². The molecule has 10 nitrogen and oxygen atoms in total. The van der Waals surface area contributed by atoms with E-state index in [0.717, 1.165) is 37.4 Å². The Morgan fingerprint density at radius 3 is 2.28 bits per heavy atom. The summed E-state index contributed by atoms with van der Waals surface area (Å²) in [4.78, 5) is 29.0. The highest BCUT2D eigenvalue weighted by molar-refractivity contribution is 5.33. The molecule has 3 fully saturated rings. The van der Waals surface area contributed by atoms with Crippen LogP contribution < -0.4 is 0 Å². The summed E-state index contributed by atoms with van der Waals surface area (Å²) in [5, 5.41) is 20.7. The summed E-state index contributed by atoms with van der Waals surface area (Å²) in [6.07, 6.45) is 8.76. The second-order valence-corrected chi connectivity index (χ2v) is 7.72. The molecule has 4 heterocycles. The Balaban J connectivity index is 0.000000449. The summed E-state index contributed by atoms with van der Waals surface area (Å²) in [6, 6.07) is 0.879. The number of piperidine rings is 2. The number of hydrogen-bond acceptors (Lipinski definition) is 7. The molecule has 0 saturated carbocycles. The van der Waals surface area contributed by atoms with Gasteiger partial charge in [-0.3, -0.25) is 19.6 Å². The minimum absolute atomic E-state index is 0.250. The SMILES string of the molecule is O=CO.O=CO.c1n[nH]c(CN2CCN(C[C@@H]3CCCN4CCCC[C@H]34)CC2)n1. The summed E-state index contributed by atoms with van der Waals surface area (Å²) in [6.45, 7) is 9.15. The van der Waals surface area contributed by atoms with Crippen LogP contribution in [0.5, 0.6) is 0 Å². The van der Waals surface area contributed by atoms with Crippen LogP contribution in [0.4, 0.5) is 0 Å². The van der Waals surface area contributed by atoms with Crippen molar-refractivity contribution in [1.29, 1.82) is 0 Å². The third-order valence-electron chi connectivity index (χ3n) is 6.02. The van der Waals surface area contributed by atoms with E-state index in [1.807, 2.05) is 0 Å². The average molecular weight is 411 g/mol. The van der Waals surface area contributed by atoms with Crippen LogP contribution in [-0.2, 0) is 16.1 Å². The number of H-pyrrole nitrogens is 1. The largest absolute Gasteiger partial charge is 0.483 e. The fourth-order valence-electron chi connectivity index (χ4n) is 4.77. The predicted octanol–water partition coefficient (Wildman–Crippen LogP) is 0.588. The van der Waals surface area contributed by atoms with Gasteiger partial charge in [0, 0.05) is 38.8 Å². The fourth-order valence-corrected chi connectivity index (χ4v) is 4.77. The van der Waals surface area contributed by atoms with Gasteiger partial charge in [0.1, 0.15) is 12.2 Å². The lowest BCUT2D eigenvalue weighted by atomic mass is 9.83. The van der Waals surface area contributed by atoms with Crippen LogP contribution in [0.15, 0.2) is 6.33 Å². The molecule has 0 unspecified atom stereocenters. The Bertz CT molecular complexity index is 557. The molecular weight excluding hydrogens is 376 g/mol. The minimum atomic E-state index is -0.250. The topological polar surface area (TPSA) is 126 Å². The normalized spacial score (nSPS) is 25.5. The summed E-state index contributed by atoms with van der Waals surface area (Å²) in [5.41, 5.74) is 0. The minimum Gasteiger partial charge on any atom is -0.483 e. The highest BCUT2D eigenvalue weighted by Crippen LogP contribution is 2.31. The van der Waals surface area contributed by atoms with Gasteiger partial charge >= 0.3 is 0 Å². The molecule has 1 aromatic heterocycles. The average Bonchev–Trinajstić information content (AvgIpc) is 3.24. The number of nitrogens with zero attached hydrogens (tertiary/aromatic N) is 5. The number of carboxylic acid groups (broad SMARTS) is 2. The number of nitrogens with one attached hydrogen (secondary N) is 1. The van der Waals surface area contributed by atoms with Gasteiger partial charge in [-0.15, -0.1) is 0 Å². The third-order valence-corrected chi connectivity index (χ3v) is 6.02. The van der Waals surface area contributed by atoms with Gasteiger partial charge in [0.15, 0.2) is 0 Å². The first-order valence-corrected chi connectivity index (χ1v) is 10.4. The quantitative estimate of drug-likeness (QED) is 0.611. The van der Waals surface area contributed by atoms with Crippen molar-refractivity contribution >= 4 is 12.9 Å². The second-order valence-electron chi connectivity index (χ2n) is 7.72. The molecule has 3 aliphatic heterocycles. The molecule has 0 aromatic carbocycles. The van der Waals surface area contributed by atoms with Crippen LogP contribution in [0.2, 0.25) is 0 Å². The molecule has 0 radical (unpaired) electrons. The summed E-state index contributed by atoms with van der Waals surface area (Å²) in [5.74, 6) is 1.90. The van der Waals surface area contributed by atoms with Crippen molar-refractivity contribution in [3.63, 3.8) is 0 Å². The zero-order chi connectivity index (χ0) is 20.9. The molecule has 2 atom stereocenters. The number of aromatic amines is 1. The fraction of sp³-hybridized carbons (Fsp3) is 0.789. The maximum atomic E-state index is 8.36. The smallest absolute Gasteiger partial charge is 0.290 e. The monoisotopic (exact) mass is 410 g/mol. The van der Waals surface area contributed by atoms with Crippen molar-refractivity contribution in [2.75, 3.05) is 45.8 Å². The molecule has 164 valence electrons. The molecule has 3 aliphatic rings. The molecular formula is C19H34N6O4. The number of rotatable bonds is 4. The molecule has 3 N–H and O–H groups in total. The van der Waals surface area contributed by atoms with Crippen LogP contribution >= 0.6 is 0 Å². The first-order valence-electron chi connectivity index (χ1n) is 10.4. The zero-order valence-corrected chi connectivity index (χ0v) is 17.0. The lowest BCUT2D eigenvalue weighted by molar-refractivity contribution is -0.123. The second kappa shape index (κ2) is 13.2. The number of piperazine rings is 1. The highest BCUT2D eigenvalue weighted by Gasteiger charge is 2.34. The lowest BCUT2D eigenvalue weighted by Gasteiger charge is -2.46. The van der Waals surface area contributed by atoms with E-state index in [1.165, 1.54) is 64.8 Å². The van der Waals surface area contributed by atoms with Crippen molar-refractivity contribution in [1.82, 2.24) is 29.9 Å². The molecule has 10 heteroatoms. The van der Waals surface area contributed by atoms with E-state index < -0.39 is 0 Å². The first kappa shape index (κ1) is 23.2. The highest BCUT2D eigenvalue weighted by atomic mass is 16.3. The summed E-state index contributed by atoms with van der Waals surface area (Å²) >= 11 is 0.